The Morgan fingerprint density at radius 2 is 1.74 bits per heavy atom. The van der Waals surface area contributed by atoms with Gasteiger partial charge in [0.15, 0.2) is 15.8 Å². The highest BCUT2D eigenvalue weighted by molar-refractivity contribution is 9.10. The SMILES string of the molecule is COc1cc(/C=C2\SC(=S)N(c3ccc(N(C)C)cc3)C2=O)cc(Br)c1OCc1ccc(Br)cc1. The van der Waals surface area contributed by atoms with Crippen LogP contribution in [-0.4, -0.2) is 31.4 Å². The number of rotatable bonds is 7. The normalized spacial score (nSPS) is 14.5. The zero-order chi connectivity index (χ0) is 25.1. The van der Waals surface area contributed by atoms with Gasteiger partial charge in [-0.2, -0.15) is 0 Å². The maximum absolute atomic E-state index is 13.2. The summed E-state index contributed by atoms with van der Waals surface area (Å²) in [5, 5.41) is 0. The summed E-state index contributed by atoms with van der Waals surface area (Å²) in [6, 6.07) is 19.4. The molecule has 3 aromatic carbocycles. The maximum Gasteiger partial charge on any atom is 0.270 e. The van der Waals surface area contributed by atoms with Crippen LogP contribution in [0.2, 0.25) is 0 Å². The molecular weight excluding hydrogens is 612 g/mol. The standard InChI is InChI=1S/C26H22Br2N2O3S2/c1-29(2)19-8-10-20(11-9-19)30-25(31)23(35-26(30)34)14-17-12-21(28)24(22(13-17)32-3)33-15-16-4-6-18(27)7-5-16/h4-14H,15H2,1-3H3/b23-14-. The van der Waals surface area contributed by atoms with Crippen LogP contribution < -0.4 is 19.3 Å². The summed E-state index contributed by atoms with van der Waals surface area (Å²) in [6.07, 6.45) is 1.82. The van der Waals surface area contributed by atoms with Gasteiger partial charge in [-0.05, 0) is 81.7 Å². The molecule has 0 radical (unpaired) electrons. The van der Waals surface area contributed by atoms with Crippen LogP contribution in [0, 0.1) is 0 Å². The number of thioether (sulfide) groups is 1. The Labute approximate surface area is 231 Å². The quantitative estimate of drug-likeness (QED) is 0.201. The van der Waals surface area contributed by atoms with Gasteiger partial charge in [-0.25, -0.2) is 0 Å². The molecule has 3 aromatic rings. The Morgan fingerprint density at radius 3 is 2.37 bits per heavy atom. The lowest BCUT2D eigenvalue weighted by Crippen LogP contribution is -2.27. The van der Waals surface area contributed by atoms with E-state index in [0.717, 1.165) is 31.4 Å². The predicted molar refractivity (Wildman–Crippen MR) is 156 cm³/mol. The van der Waals surface area contributed by atoms with Crippen molar-refractivity contribution in [3.05, 3.63) is 85.6 Å². The number of hydrogen-bond acceptors (Lipinski definition) is 6. The number of methoxy groups -OCH3 is 1. The highest BCUT2D eigenvalue weighted by Gasteiger charge is 2.33. The number of nitrogens with zero attached hydrogens (tertiary/aromatic N) is 2. The molecule has 0 unspecified atom stereocenters. The molecule has 0 atom stereocenters. The van der Waals surface area contributed by atoms with Crippen LogP contribution in [0.4, 0.5) is 11.4 Å². The van der Waals surface area contributed by atoms with Crippen molar-refractivity contribution < 1.29 is 14.3 Å². The monoisotopic (exact) mass is 632 g/mol. The maximum atomic E-state index is 13.2. The first kappa shape index (κ1) is 25.8. The van der Waals surface area contributed by atoms with Gasteiger partial charge in [0.1, 0.15) is 6.61 Å². The van der Waals surface area contributed by atoms with Gasteiger partial charge in [-0.3, -0.25) is 9.69 Å². The van der Waals surface area contributed by atoms with Gasteiger partial charge in [0.25, 0.3) is 5.91 Å². The van der Waals surface area contributed by atoms with Crippen LogP contribution in [0.5, 0.6) is 11.5 Å². The molecule has 1 aliphatic heterocycles. The third kappa shape index (κ3) is 5.91. The zero-order valence-corrected chi connectivity index (χ0v) is 24.1. The number of hydrogen-bond donors (Lipinski definition) is 0. The molecule has 1 amide bonds. The first-order valence-electron chi connectivity index (χ1n) is 10.6. The summed E-state index contributed by atoms with van der Waals surface area (Å²) < 4.78 is 13.9. The second kappa shape index (κ2) is 11.2. The highest BCUT2D eigenvalue weighted by atomic mass is 79.9. The molecule has 180 valence electrons. The number of thiocarbonyl (C=S) groups is 1. The van der Waals surface area contributed by atoms with E-state index in [4.69, 9.17) is 21.7 Å². The Hall–Kier alpha value is -2.33. The lowest BCUT2D eigenvalue weighted by atomic mass is 10.1. The predicted octanol–water partition coefficient (Wildman–Crippen LogP) is 7.27. The average Bonchev–Trinajstić information content (AvgIpc) is 3.11. The van der Waals surface area contributed by atoms with Crippen LogP contribution >= 0.6 is 55.8 Å². The summed E-state index contributed by atoms with van der Waals surface area (Å²) >= 11 is 13.8. The van der Waals surface area contributed by atoms with Gasteiger partial charge in [0.2, 0.25) is 0 Å². The first-order chi connectivity index (χ1) is 16.8. The third-order valence-corrected chi connectivity index (χ3v) is 7.68. The molecule has 0 aromatic heterocycles. The molecule has 0 bridgehead atoms. The molecule has 4 rings (SSSR count). The number of amides is 1. The lowest BCUT2D eigenvalue weighted by Gasteiger charge is -2.17. The minimum atomic E-state index is -0.150. The van der Waals surface area contributed by atoms with E-state index < -0.39 is 0 Å². The van der Waals surface area contributed by atoms with Crippen molar-refractivity contribution in [3.8, 4) is 11.5 Å². The fraction of sp³-hybridized carbons (Fsp3) is 0.154. The van der Waals surface area contributed by atoms with Crippen LogP contribution in [0.3, 0.4) is 0 Å². The fourth-order valence-electron chi connectivity index (χ4n) is 3.44. The number of anilines is 2. The Bertz CT molecular complexity index is 1290. The van der Waals surface area contributed by atoms with E-state index in [1.165, 1.54) is 11.8 Å². The van der Waals surface area contributed by atoms with Crippen LogP contribution in [0.1, 0.15) is 11.1 Å². The van der Waals surface area contributed by atoms with Crippen LogP contribution in [0.25, 0.3) is 6.08 Å². The van der Waals surface area contributed by atoms with E-state index in [9.17, 15) is 4.79 Å². The molecule has 0 saturated carbocycles. The van der Waals surface area contributed by atoms with Gasteiger partial charge >= 0.3 is 0 Å². The number of benzene rings is 3. The van der Waals surface area contributed by atoms with E-state index in [1.807, 2.05) is 85.7 Å². The van der Waals surface area contributed by atoms with Gasteiger partial charge < -0.3 is 14.4 Å². The van der Waals surface area contributed by atoms with E-state index in [-0.39, 0.29) is 5.91 Å². The number of carbonyl (C=O) groups is 1. The molecule has 5 nitrogen and oxygen atoms in total. The summed E-state index contributed by atoms with van der Waals surface area (Å²) in [7, 11) is 5.54. The lowest BCUT2D eigenvalue weighted by molar-refractivity contribution is -0.113. The number of ether oxygens (including phenoxy) is 2. The van der Waals surface area contributed by atoms with Crippen LogP contribution in [-0.2, 0) is 11.4 Å². The molecule has 0 N–H and O–H groups in total. The molecule has 1 fully saturated rings. The van der Waals surface area contributed by atoms with Crippen molar-refractivity contribution in [2.75, 3.05) is 31.0 Å². The van der Waals surface area contributed by atoms with Gasteiger partial charge in [0.05, 0.1) is 22.2 Å². The van der Waals surface area contributed by atoms with Crippen LogP contribution in [0.15, 0.2) is 74.5 Å². The molecule has 1 saturated heterocycles. The minimum absolute atomic E-state index is 0.150. The van der Waals surface area contributed by atoms with Crippen molar-refractivity contribution in [1.29, 1.82) is 0 Å². The topological polar surface area (TPSA) is 42.0 Å². The summed E-state index contributed by atoms with van der Waals surface area (Å²) in [4.78, 5) is 17.3. The Balaban J connectivity index is 1.55. The second-order valence-electron chi connectivity index (χ2n) is 7.88. The largest absolute Gasteiger partial charge is 0.493 e. The van der Waals surface area contributed by atoms with Crippen molar-refractivity contribution in [3.63, 3.8) is 0 Å². The Kier molecular flexibility index (Phi) is 8.21. The summed E-state index contributed by atoms with van der Waals surface area (Å²) in [5.74, 6) is 1.02. The van der Waals surface area contributed by atoms with Gasteiger partial charge in [0, 0.05) is 24.3 Å². The fourth-order valence-corrected chi connectivity index (χ4v) is 5.58. The van der Waals surface area contributed by atoms with E-state index in [2.05, 4.69) is 31.9 Å². The molecule has 0 spiro atoms. The van der Waals surface area contributed by atoms with Gasteiger partial charge in [-0.1, -0.05) is 52.0 Å². The molecular formula is C26H22Br2N2O3S2. The molecule has 35 heavy (non-hydrogen) atoms. The number of halogens is 2. The van der Waals surface area contributed by atoms with E-state index in [1.54, 1.807) is 12.0 Å². The average molecular weight is 634 g/mol. The first-order valence-corrected chi connectivity index (χ1v) is 13.4. The molecule has 0 aliphatic carbocycles. The highest BCUT2D eigenvalue weighted by Crippen LogP contribution is 2.40. The van der Waals surface area contributed by atoms with E-state index >= 15 is 0 Å². The second-order valence-corrected chi connectivity index (χ2v) is 11.3. The summed E-state index contributed by atoms with van der Waals surface area (Å²) in [5.41, 5.74) is 3.63. The van der Waals surface area contributed by atoms with E-state index in [0.29, 0.717) is 27.3 Å². The van der Waals surface area contributed by atoms with Crippen molar-refractivity contribution in [2.24, 2.45) is 0 Å². The molecule has 1 aliphatic rings. The van der Waals surface area contributed by atoms with Crippen molar-refractivity contribution >= 4 is 83.5 Å². The summed E-state index contributed by atoms with van der Waals surface area (Å²) in [6.45, 7) is 0.396. The van der Waals surface area contributed by atoms with Gasteiger partial charge in [-0.15, -0.1) is 0 Å². The zero-order valence-electron chi connectivity index (χ0n) is 19.2. The molecule has 9 heteroatoms. The Morgan fingerprint density at radius 1 is 1.06 bits per heavy atom. The van der Waals surface area contributed by atoms with Crippen molar-refractivity contribution in [1.82, 2.24) is 0 Å². The molecule has 1 heterocycles. The third-order valence-electron chi connectivity index (χ3n) is 5.26. The van der Waals surface area contributed by atoms with Crippen molar-refractivity contribution in [2.45, 2.75) is 6.61 Å². The minimum Gasteiger partial charge on any atom is -0.493 e. The number of carbonyl (C=O) groups excluding carboxylic acids is 1. The smallest absolute Gasteiger partial charge is 0.270 e.